The second-order valence-electron chi connectivity index (χ2n) is 6.55. The molecule has 0 aliphatic carbocycles. The molecule has 10 nitrogen and oxygen atoms in total. The quantitative estimate of drug-likeness (QED) is 0.129. The van der Waals surface area contributed by atoms with Gasteiger partial charge in [0, 0.05) is 6.08 Å². The lowest BCUT2D eigenvalue weighted by atomic mass is 10.2. The molecule has 0 unspecified atom stereocenters. The largest absolute Gasteiger partial charge is 0.460 e. The molecule has 0 aliphatic heterocycles. The van der Waals surface area contributed by atoms with E-state index in [1.165, 1.54) is 0 Å². The Balaban J connectivity index is 1.70. The molecule has 10 heteroatoms. The molecule has 0 spiro atoms. The topological polar surface area (TPSA) is 108 Å². The van der Waals surface area contributed by atoms with Crippen LogP contribution in [-0.4, -0.2) is 104 Å². The smallest absolute Gasteiger partial charge is 0.338 e. The van der Waals surface area contributed by atoms with Gasteiger partial charge in [-0.05, 0) is 12.1 Å². The van der Waals surface area contributed by atoms with Crippen LogP contribution in [0.3, 0.4) is 0 Å². The minimum absolute atomic E-state index is 0.195. The SMILES string of the molecule is C=CC(=O)OCCOCCOCCOCCOCCOCCOCCOC(=O)c1ccccc1. The van der Waals surface area contributed by atoms with Crippen molar-refractivity contribution in [2.24, 2.45) is 0 Å². The fourth-order valence-corrected chi connectivity index (χ4v) is 2.31. The van der Waals surface area contributed by atoms with Crippen LogP contribution in [0.5, 0.6) is 0 Å². The van der Waals surface area contributed by atoms with Crippen LogP contribution < -0.4 is 0 Å². The minimum atomic E-state index is -0.462. The summed E-state index contributed by atoms with van der Waals surface area (Å²) in [5.41, 5.74) is 0.522. The minimum Gasteiger partial charge on any atom is -0.460 e. The third-order valence-corrected chi connectivity index (χ3v) is 3.97. The summed E-state index contributed by atoms with van der Waals surface area (Å²) >= 11 is 0. The third-order valence-electron chi connectivity index (χ3n) is 3.97. The lowest BCUT2D eigenvalue weighted by Crippen LogP contribution is -2.15. The monoisotopic (exact) mass is 484 g/mol. The molecule has 1 rings (SSSR count). The molecule has 0 atom stereocenters. The Hall–Kier alpha value is -2.34. The van der Waals surface area contributed by atoms with Crippen LogP contribution in [0.4, 0.5) is 0 Å². The fraction of sp³-hybridized carbons (Fsp3) is 0.583. The maximum Gasteiger partial charge on any atom is 0.338 e. The summed E-state index contributed by atoms with van der Waals surface area (Å²) < 4.78 is 42.0. The molecule has 34 heavy (non-hydrogen) atoms. The molecule has 0 amide bonds. The number of hydrogen-bond acceptors (Lipinski definition) is 10. The molecule has 0 aliphatic rings. The van der Waals surface area contributed by atoms with E-state index in [1.807, 2.05) is 6.07 Å². The first-order valence-corrected chi connectivity index (χ1v) is 11.2. The van der Waals surface area contributed by atoms with Crippen molar-refractivity contribution in [2.45, 2.75) is 0 Å². The van der Waals surface area contributed by atoms with Gasteiger partial charge in [-0.3, -0.25) is 0 Å². The highest BCUT2D eigenvalue weighted by Crippen LogP contribution is 2.00. The number of ether oxygens (including phenoxy) is 8. The lowest BCUT2D eigenvalue weighted by Gasteiger charge is -2.08. The number of benzene rings is 1. The summed E-state index contributed by atoms with van der Waals surface area (Å²) in [6.07, 6.45) is 1.11. The van der Waals surface area contributed by atoms with Crippen LogP contribution in [0.2, 0.25) is 0 Å². The van der Waals surface area contributed by atoms with Crippen molar-refractivity contribution in [3.63, 3.8) is 0 Å². The van der Waals surface area contributed by atoms with Crippen LogP contribution >= 0.6 is 0 Å². The highest BCUT2D eigenvalue weighted by molar-refractivity contribution is 5.89. The number of esters is 2. The number of rotatable bonds is 23. The van der Waals surface area contributed by atoms with Gasteiger partial charge in [0.15, 0.2) is 0 Å². The molecule has 0 bridgehead atoms. The van der Waals surface area contributed by atoms with E-state index in [-0.39, 0.29) is 19.2 Å². The van der Waals surface area contributed by atoms with Crippen LogP contribution in [0.1, 0.15) is 10.4 Å². The molecule has 0 aromatic heterocycles. The highest BCUT2D eigenvalue weighted by atomic mass is 16.6. The van der Waals surface area contributed by atoms with Crippen LogP contribution in [0, 0.1) is 0 Å². The molecule has 192 valence electrons. The second-order valence-corrected chi connectivity index (χ2v) is 6.55. The molecule has 0 saturated heterocycles. The van der Waals surface area contributed by atoms with E-state index in [0.717, 1.165) is 6.08 Å². The molecule has 0 fully saturated rings. The van der Waals surface area contributed by atoms with Gasteiger partial charge in [0.05, 0.1) is 84.8 Å². The normalized spacial score (nSPS) is 10.7. The predicted molar refractivity (Wildman–Crippen MR) is 123 cm³/mol. The third kappa shape index (κ3) is 18.1. The summed E-state index contributed by atoms with van der Waals surface area (Å²) in [7, 11) is 0. The summed E-state index contributed by atoms with van der Waals surface area (Å²) in [5, 5.41) is 0. The van der Waals surface area contributed by atoms with E-state index in [4.69, 9.17) is 37.9 Å². The molecule has 0 saturated carbocycles. The highest BCUT2D eigenvalue weighted by Gasteiger charge is 2.05. The first kappa shape index (κ1) is 29.7. The van der Waals surface area contributed by atoms with E-state index in [2.05, 4.69) is 6.58 Å². The molecular formula is C24H36O10. The van der Waals surface area contributed by atoms with Crippen molar-refractivity contribution in [1.29, 1.82) is 0 Å². The number of carbonyl (C=O) groups is 2. The van der Waals surface area contributed by atoms with Gasteiger partial charge in [0.25, 0.3) is 0 Å². The van der Waals surface area contributed by atoms with Crippen molar-refractivity contribution in [3.8, 4) is 0 Å². The van der Waals surface area contributed by atoms with E-state index in [0.29, 0.717) is 84.8 Å². The van der Waals surface area contributed by atoms with Gasteiger partial charge in [0.2, 0.25) is 0 Å². The molecular weight excluding hydrogens is 448 g/mol. The van der Waals surface area contributed by atoms with Crippen molar-refractivity contribution in [1.82, 2.24) is 0 Å². The Morgan fingerprint density at radius 2 is 0.912 bits per heavy atom. The molecule has 0 N–H and O–H groups in total. The van der Waals surface area contributed by atoms with Gasteiger partial charge in [-0.15, -0.1) is 0 Å². The second kappa shape index (κ2) is 22.5. The van der Waals surface area contributed by atoms with E-state index in [1.54, 1.807) is 24.3 Å². The zero-order valence-corrected chi connectivity index (χ0v) is 19.7. The molecule has 0 radical (unpaired) electrons. The average Bonchev–Trinajstić information content (AvgIpc) is 2.87. The molecule has 0 heterocycles. The summed E-state index contributed by atoms with van der Waals surface area (Å²) in [6, 6.07) is 8.82. The summed E-state index contributed by atoms with van der Waals surface area (Å²) in [4.78, 5) is 22.5. The van der Waals surface area contributed by atoms with Gasteiger partial charge >= 0.3 is 11.9 Å². The van der Waals surface area contributed by atoms with Gasteiger partial charge in [-0.1, -0.05) is 24.8 Å². The Kier molecular flexibility index (Phi) is 19.6. The zero-order valence-electron chi connectivity index (χ0n) is 19.7. The Morgan fingerprint density at radius 3 is 1.29 bits per heavy atom. The van der Waals surface area contributed by atoms with Crippen LogP contribution in [0.25, 0.3) is 0 Å². The lowest BCUT2D eigenvalue weighted by molar-refractivity contribution is -0.139. The molecule has 1 aromatic carbocycles. The van der Waals surface area contributed by atoms with Gasteiger partial charge in [0.1, 0.15) is 13.2 Å². The van der Waals surface area contributed by atoms with Gasteiger partial charge in [-0.2, -0.15) is 0 Å². The van der Waals surface area contributed by atoms with E-state index >= 15 is 0 Å². The van der Waals surface area contributed by atoms with Crippen molar-refractivity contribution in [2.75, 3.05) is 92.5 Å². The van der Waals surface area contributed by atoms with Crippen molar-refractivity contribution >= 4 is 11.9 Å². The maximum absolute atomic E-state index is 11.7. The van der Waals surface area contributed by atoms with Gasteiger partial charge < -0.3 is 37.9 Å². The van der Waals surface area contributed by atoms with Crippen LogP contribution in [0.15, 0.2) is 43.0 Å². The van der Waals surface area contributed by atoms with E-state index in [9.17, 15) is 9.59 Å². The maximum atomic E-state index is 11.7. The standard InChI is InChI=1S/C24H36O10/c1-2-23(25)33-20-18-31-16-14-29-12-10-27-8-9-28-11-13-30-15-17-32-19-21-34-24(26)22-6-4-3-5-7-22/h2-7H,1,8-21H2. The average molecular weight is 485 g/mol. The van der Waals surface area contributed by atoms with Gasteiger partial charge in [-0.25, -0.2) is 9.59 Å². The Morgan fingerprint density at radius 1 is 0.559 bits per heavy atom. The first-order chi connectivity index (χ1) is 16.7. The number of hydrogen-bond donors (Lipinski definition) is 0. The molecule has 1 aromatic rings. The van der Waals surface area contributed by atoms with Crippen molar-refractivity contribution < 1.29 is 47.5 Å². The van der Waals surface area contributed by atoms with Crippen LogP contribution in [-0.2, 0) is 42.7 Å². The predicted octanol–water partition coefficient (Wildman–Crippen LogP) is 1.67. The Labute approximate surface area is 201 Å². The zero-order chi connectivity index (χ0) is 24.5. The number of carbonyl (C=O) groups excluding carboxylic acids is 2. The van der Waals surface area contributed by atoms with Crippen molar-refractivity contribution in [3.05, 3.63) is 48.6 Å². The Bertz CT molecular complexity index is 638. The fourth-order valence-electron chi connectivity index (χ4n) is 2.31. The summed E-state index contributed by atoms with van der Waals surface area (Å²) in [5.74, 6) is -0.822. The van der Waals surface area contributed by atoms with E-state index < -0.39 is 5.97 Å². The first-order valence-electron chi connectivity index (χ1n) is 11.2. The summed E-state index contributed by atoms with van der Waals surface area (Å²) in [6.45, 7) is 8.84.